The number of carbonyl (C=O) groups excluding carboxylic acids is 1. The number of allylic oxidation sites excluding steroid dienone is 2. The van der Waals surface area contributed by atoms with Gasteiger partial charge >= 0.3 is 0 Å². The van der Waals surface area contributed by atoms with Crippen LogP contribution in [0.1, 0.15) is 32.1 Å². The summed E-state index contributed by atoms with van der Waals surface area (Å²) in [6, 6.07) is 0. The Bertz CT molecular complexity index is 191. The van der Waals surface area contributed by atoms with Crippen molar-refractivity contribution in [2.24, 2.45) is 5.92 Å². The van der Waals surface area contributed by atoms with Crippen LogP contribution in [0.4, 0.5) is 0 Å². The van der Waals surface area contributed by atoms with Gasteiger partial charge < -0.3 is 0 Å². The second kappa shape index (κ2) is 2.22. The molecule has 54 valence electrons. The van der Waals surface area contributed by atoms with Crippen LogP contribution in [0, 0.1) is 5.92 Å². The van der Waals surface area contributed by atoms with Crippen molar-refractivity contribution in [1.29, 1.82) is 0 Å². The second-order valence-corrected chi connectivity index (χ2v) is 3.30. The van der Waals surface area contributed by atoms with Gasteiger partial charge in [0.25, 0.3) is 0 Å². The standard InChI is InChI=1S/C9H12O/c10-9-5-3-7-1-2-8(7)4-6-9/h3,8H,1-2,4-6H2. The zero-order valence-corrected chi connectivity index (χ0v) is 6.10. The molecule has 0 aliphatic heterocycles. The maximum Gasteiger partial charge on any atom is 0.136 e. The largest absolute Gasteiger partial charge is 0.299 e. The van der Waals surface area contributed by atoms with Gasteiger partial charge in [0.1, 0.15) is 5.78 Å². The molecule has 0 aromatic rings. The summed E-state index contributed by atoms with van der Waals surface area (Å²) in [5, 5.41) is 0. The average molecular weight is 136 g/mol. The minimum atomic E-state index is 0.432. The molecule has 2 aliphatic carbocycles. The molecule has 1 fully saturated rings. The number of ketones is 1. The van der Waals surface area contributed by atoms with Gasteiger partial charge in [-0.1, -0.05) is 11.6 Å². The van der Waals surface area contributed by atoms with Crippen molar-refractivity contribution < 1.29 is 4.79 Å². The topological polar surface area (TPSA) is 17.1 Å². The van der Waals surface area contributed by atoms with Crippen molar-refractivity contribution in [2.45, 2.75) is 32.1 Å². The van der Waals surface area contributed by atoms with Crippen LogP contribution in [0.3, 0.4) is 0 Å². The van der Waals surface area contributed by atoms with Gasteiger partial charge in [-0.2, -0.15) is 0 Å². The number of Topliss-reactive ketones (excluding diaryl/α,β-unsaturated/α-hetero) is 1. The molecule has 0 saturated heterocycles. The Morgan fingerprint density at radius 3 is 2.80 bits per heavy atom. The lowest BCUT2D eigenvalue weighted by Crippen LogP contribution is -2.14. The smallest absolute Gasteiger partial charge is 0.136 e. The van der Waals surface area contributed by atoms with Gasteiger partial charge in [-0.3, -0.25) is 4.79 Å². The first-order chi connectivity index (χ1) is 4.86. The molecule has 1 heteroatoms. The fourth-order valence-corrected chi connectivity index (χ4v) is 1.80. The zero-order chi connectivity index (χ0) is 6.97. The summed E-state index contributed by atoms with van der Waals surface area (Å²) < 4.78 is 0. The van der Waals surface area contributed by atoms with Crippen LogP contribution >= 0.6 is 0 Å². The van der Waals surface area contributed by atoms with E-state index >= 15 is 0 Å². The van der Waals surface area contributed by atoms with Crippen molar-refractivity contribution in [3.8, 4) is 0 Å². The van der Waals surface area contributed by atoms with E-state index < -0.39 is 0 Å². The lowest BCUT2D eigenvalue weighted by Gasteiger charge is -2.28. The Balaban J connectivity index is 2.11. The molecule has 0 aromatic heterocycles. The van der Waals surface area contributed by atoms with Gasteiger partial charge in [0.05, 0.1) is 0 Å². The second-order valence-electron chi connectivity index (χ2n) is 3.30. The van der Waals surface area contributed by atoms with Crippen LogP contribution in [0.25, 0.3) is 0 Å². The fourth-order valence-electron chi connectivity index (χ4n) is 1.80. The summed E-state index contributed by atoms with van der Waals surface area (Å²) in [6.07, 6.45) is 7.42. The van der Waals surface area contributed by atoms with Gasteiger partial charge in [-0.25, -0.2) is 0 Å². The van der Waals surface area contributed by atoms with Crippen molar-refractivity contribution in [2.75, 3.05) is 0 Å². The van der Waals surface area contributed by atoms with Gasteiger partial charge in [0.2, 0.25) is 0 Å². The van der Waals surface area contributed by atoms with Crippen molar-refractivity contribution in [3.63, 3.8) is 0 Å². The van der Waals surface area contributed by atoms with Gasteiger partial charge in [-0.15, -0.1) is 0 Å². The summed E-state index contributed by atoms with van der Waals surface area (Å²) in [5.41, 5.74) is 1.56. The minimum Gasteiger partial charge on any atom is -0.299 e. The first kappa shape index (κ1) is 6.14. The van der Waals surface area contributed by atoms with Crippen molar-refractivity contribution in [1.82, 2.24) is 0 Å². The van der Waals surface area contributed by atoms with E-state index in [1.54, 1.807) is 5.57 Å². The van der Waals surface area contributed by atoms with Crippen molar-refractivity contribution in [3.05, 3.63) is 11.6 Å². The van der Waals surface area contributed by atoms with E-state index in [4.69, 9.17) is 0 Å². The van der Waals surface area contributed by atoms with Gasteiger partial charge in [-0.05, 0) is 25.2 Å². The quantitative estimate of drug-likeness (QED) is 0.466. The summed E-state index contributed by atoms with van der Waals surface area (Å²) in [7, 11) is 0. The highest BCUT2D eigenvalue weighted by atomic mass is 16.1. The molecule has 10 heavy (non-hydrogen) atoms. The monoisotopic (exact) mass is 136 g/mol. The highest BCUT2D eigenvalue weighted by Gasteiger charge is 2.26. The van der Waals surface area contributed by atoms with E-state index in [1.165, 1.54) is 12.8 Å². The third kappa shape index (κ3) is 0.898. The van der Waals surface area contributed by atoms with Crippen LogP contribution in [-0.4, -0.2) is 5.78 Å². The zero-order valence-electron chi connectivity index (χ0n) is 6.10. The maximum absolute atomic E-state index is 11.0. The molecule has 0 heterocycles. The Morgan fingerprint density at radius 1 is 1.30 bits per heavy atom. The molecular weight excluding hydrogens is 124 g/mol. The van der Waals surface area contributed by atoms with Gasteiger partial charge in [0.15, 0.2) is 0 Å². The molecule has 0 spiro atoms. The molecule has 2 rings (SSSR count). The van der Waals surface area contributed by atoms with Crippen LogP contribution in [-0.2, 0) is 4.79 Å². The van der Waals surface area contributed by atoms with E-state index in [-0.39, 0.29) is 0 Å². The molecule has 1 nitrogen and oxygen atoms in total. The number of rotatable bonds is 0. The van der Waals surface area contributed by atoms with E-state index in [1.807, 2.05) is 0 Å². The Morgan fingerprint density at radius 2 is 2.10 bits per heavy atom. The molecule has 1 unspecified atom stereocenters. The van der Waals surface area contributed by atoms with Crippen LogP contribution < -0.4 is 0 Å². The Kier molecular flexibility index (Phi) is 1.37. The van der Waals surface area contributed by atoms with E-state index in [0.717, 1.165) is 18.8 Å². The molecule has 0 aromatic carbocycles. The predicted octanol–water partition coefficient (Wildman–Crippen LogP) is 2.08. The summed E-state index contributed by atoms with van der Waals surface area (Å²) in [5.74, 6) is 1.23. The van der Waals surface area contributed by atoms with Crippen molar-refractivity contribution >= 4 is 5.78 Å². The SMILES string of the molecule is O=C1CC=C2CCC2CC1. The normalized spacial score (nSPS) is 31.8. The van der Waals surface area contributed by atoms with Crippen LogP contribution in [0.5, 0.6) is 0 Å². The Hall–Kier alpha value is -0.590. The molecule has 0 bridgehead atoms. The number of hydrogen-bond donors (Lipinski definition) is 0. The van der Waals surface area contributed by atoms with Crippen LogP contribution in [0.2, 0.25) is 0 Å². The minimum absolute atomic E-state index is 0.432. The van der Waals surface area contributed by atoms with E-state index in [0.29, 0.717) is 12.2 Å². The third-order valence-corrected chi connectivity index (χ3v) is 2.67. The first-order valence-electron chi connectivity index (χ1n) is 4.07. The molecule has 0 radical (unpaired) electrons. The Labute approximate surface area is 61.1 Å². The van der Waals surface area contributed by atoms with E-state index in [9.17, 15) is 4.79 Å². The highest BCUT2D eigenvalue weighted by molar-refractivity contribution is 5.80. The summed E-state index contributed by atoms with van der Waals surface area (Å²) in [4.78, 5) is 11.0. The number of carbonyl (C=O) groups is 1. The number of fused-ring (bicyclic) bond motifs is 1. The summed E-state index contributed by atoms with van der Waals surface area (Å²) in [6.45, 7) is 0. The molecule has 0 amide bonds. The lowest BCUT2D eigenvalue weighted by molar-refractivity contribution is -0.118. The van der Waals surface area contributed by atoms with E-state index in [2.05, 4.69) is 6.08 Å². The fraction of sp³-hybridized carbons (Fsp3) is 0.667. The maximum atomic E-state index is 11.0. The highest BCUT2D eigenvalue weighted by Crippen LogP contribution is 2.38. The van der Waals surface area contributed by atoms with Crippen LogP contribution in [0.15, 0.2) is 11.6 Å². The summed E-state index contributed by atoms with van der Waals surface area (Å²) >= 11 is 0. The average Bonchev–Trinajstić information content (AvgIpc) is 1.94. The molecular formula is C9H12O. The number of hydrogen-bond acceptors (Lipinski definition) is 1. The molecule has 2 aliphatic rings. The van der Waals surface area contributed by atoms with Gasteiger partial charge in [0, 0.05) is 12.8 Å². The molecule has 1 saturated carbocycles. The third-order valence-electron chi connectivity index (χ3n) is 2.67. The lowest BCUT2D eigenvalue weighted by atomic mass is 9.77. The predicted molar refractivity (Wildman–Crippen MR) is 39.7 cm³/mol. The molecule has 0 N–H and O–H groups in total. The molecule has 1 atom stereocenters. The first-order valence-corrected chi connectivity index (χ1v) is 4.07.